The zero-order valence-electron chi connectivity index (χ0n) is 9.27. The minimum Gasteiger partial charge on any atom is -0.337 e. The number of hydrogen-bond acceptors (Lipinski definition) is 4. The number of aromatic nitrogens is 1. The molecule has 0 spiro atoms. The van der Waals surface area contributed by atoms with E-state index in [9.17, 15) is 4.79 Å². The Kier molecular flexibility index (Phi) is 2.44. The van der Waals surface area contributed by atoms with E-state index in [1.54, 1.807) is 11.3 Å². The maximum absolute atomic E-state index is 12.1. The Balaban J connectivity index is 1.73. The second-order valence-electron chi connectivity index (χ2n) is 4.64. The molecule has 0 saturated carbocycles. The first-order valence-electron chi connectivity index (χ1n) is 5.66. The lowest BCUT2D eigenvalue weighted by Gasteiger charge is -2.15. The summed E-state index contributed by atoms with van der Waals surface area (Å²) < 4.78 is 0. The minimum absolute atomic E-state index is 0.110. The summed E-state index contributed by atoms with van der Waals surface area (Å²) in [6.07, 6.45) is 0. The van der Waals surface area contributed by atoms with Crippen LogP contribution in [0.3, 0.4) is 0 Å². The lowest BCUT2D eigenvalue weighted by Crippen LogP contribution is -2.32. The lowest BCUT2D eigenvalue weighted by molar-refractivity contribution is 0.0776. The van der Waals surface area contributed by atoms with E-state index < -0.39 is 0 Å². The second-order valence-corrected chi connectivity index (χ2v) is 5.70. The summed E-state index contributed by atoms with van der Waals surface area (Å²) in [7, 11) is 0. The predicted molar refractivity (Wildman–Crippen MR) is 62.6 cm³/mol. The van der Waals surface area contributed by atoms with Crippen LogP contribution < -0.4 is 5.32 Å². The SMILES string of the molecule is Cc1nc(C(=O)N2CC3CNCC3C2)cs1. The molecule has 2 aliphatic heterocycles. The quantitative estimate of drug-likeness (QED) is 0.783. The fourth-order valence-corrected chi connectivity index (χ4v) is 3.23. The standard InChI is InChI=1S/C11H15N3OS/c1-7-13-10(6-16-7)11(15)14-4-8-2-12-3-9(8)5-14/h6,8-9,12H,2-5H2,1H3. The second kappa shape index (κ2) is 3.82. The Bertz CT molecular complexity index is 405. The molecule has 86 valence electrons. The van der Waals surface area contributed by atoms with Crippen LogP contribution in [0.5, 0.6) is 0 Å². The predicted octanol–water partition coefficient (Wildman–Crippen LogP) is 0.743. The molecule has 4 nitrogen and oxygen atoms in total. The highest BCUT2D eigenvalue weighted by molar-refractivity contribution is 7.09. The van der Waals surface area contributed by atoms with Crippen molar-refractivity contribution in [2.24, 2.45) is 11.8 Å². The largest absolute Gasteiger partial charge is 0.337 e. The van der Waals surface area contributed by atoms with Crippen LogP contribution in [0.25, 0.3) is 0 Å². The third-order valence-corrected chi connectivity index (χ3v) is 4.29. The van der Waals surface area contributed by atoms with E-state index in [4.69, 9.17) is 0 Å². The molecular weight excluding hydrogens is 222 g/mol. The highest BCUT2D eigenvalue weighted by Gasteiger charge is 2.38. The molecule has 0 bridgehead atoms. The van der Waals surface area contributed by atoms with Gasteiger partial charge in [0.15, 0.2) is 0 Å². The van der Waals surface area contributed by atoms with Gasteiger partial charge >= 0.3 is 0 Å². The summed E-state index contributed by atoms with van der Waals surface area (Å²) in [4.78, 5) is 18.4. The van der Waals surface area contributed by atoms with Gasteiger partial charge in [0.25, 0.3) is 5.91 Å². The maximum atomic E-state index is 12.1. The van der Waals surface area contributed by atoms with Gasteiger partial charge in [0.1, 0.15) is 5.69 Å². The molecule has 2 aliphatic rings. The molecule has 3 rings (SSSR count). The molecule has 0 aliphatic carbocycles. The number of fused-ring (bicyclic) bond motifs is 1. The number of hydrogen-bond donors (Lipinski definition) is 1. The van der Waals surface area contributed by atoms with Gasteiger partial charge in [-0.1, -0.05) is 0 Å². The molecule has 2 saturated heterocycles. The molecule has 1 amide bonds. The van der Waals surface area contributed by atoms with E-state index in [0.29, 0.717) is 17.5 Å². The molecule has 1 aromatic heterocycles. The zero-order valence-corrected chi connectivity index (χ0v) is 10.1. The van der Waals surface area contributed by atoms with Crippen molar-refractivity contribution in [1.82, 2.24) is 15.2 Å². The average molecular weight is 237 g/mol. The van der Waals surface area contributed by atoms with Gasteiger partial charge < -0.3 is 10.2 Å². The number of thiazole rings is 1. The highest BCUT2D eigenvalue weighted by Crippen LogP contribution is 2.27. The van der Waals surface area contributed by atoms with Crippen LogP contribution in [-0.2, 0) is 0 Å². The third kappa shape index (κ3) is 1.64. The number of carbonyl (C=O) groups is 1. The van der Waals surface area contributed by atoms with Crippen molar-refractivity contribution < 1.29 is 4.79 Å². The van der Waals surface area contributed by atoms with E-state index >= 15 is 0 Å². The fraction of sp³-hybridized carbons (Fsp3) is 0.636. The number of aryl methyl sites for hydroxylation is 1. The van der Waals surface area contributed by atoms with E-state index in [0.717, 1.165) is 31.2 Å². The Morgan fingerprint density at radius 2 is 2.19 bits per heavy atom. The Morgan fingerprint density at radius 3 is 2.75 bits per heavy atom. The van der Waals surface area contributed by atoms with Gasteiger partial charge in [0.2, 0.25) is 0 Å². The molecular formula is C11H15N3OS. The van der Waals surface area contributed by atoms with Crippen LogP contribution in [-0.4, -0.2) is 42.0 Å². The Hall–Kier alpha value is -0.940. The number of nitrogens with zero attached hydrogens (tertiary/aromatic N) is 2. The van der Waals surface area contributed by atoms with Gasteiger partial charge in [-0.05, 0) is 18.8 Å². The summed E-state index contributed by atoms with van der Waals surface area (Å²) in [6.45, 7) is 5.85. The molecule has 5 heteroatoms. The van der Waals surface area contributed by atoms with Gasteiger partial charge in [0.05, 0.1) is 5.01 Å². The minimum atomic E-state index is 0.110. The number of likely N-dealkylation sites (tertiary alicyclic amines) is 1. The first-order chi connectivity index (χ1) is 7.74. The molecule has 0 radical (unpaired) electrons. The molecule has 2 fully saturated rings. The summed E-state index contributed by atoms with van der Waals surface area (Å²) in [5.41, 5.74) is 0.621. The number of rotatable bonds is 1. The van der Waals surface area contributed by atoms with Crippen LogP contribution in [0.15, 0.2) is 5.38 Å². The first kappa shape index (κ1) is 10.2. The van der Waals surface area contributed by atoms with Crippen LogP contribution in [0.4, 0.5) is 0 Å². The fourth-order valence-electron chi connectivity index (χ4n) is 2.64. The van der Waals surface area contributed by atoms with Gasteiger partial charge in [-0.3, -0.25) is 4.79 Å². The Morgan fingerprint density at radius 1 is 1.50 bits per heavy atom. The number of nitrogens with one attached hydrogen (secondary N) is 1. The molecule has 2 atom stereocenters. The molecule has 3 heterocycles. The molecule has 16 heavy (non-hydrogen) atoms. The monoisotopic (exact) mass is 237 g/mol. The first-order valence-corrected chi connectivity index (χ1v) is 6.54. The summed E-state index contributed by atoms with van der Waals surface area (Å²) >= 11 is 1.54. The molecule has 2 unspecified atom stereocenters. The topological polar surface area (TPSA) is 45.2 Å². The smallest absolute Gasteiger partial charge is 0.273 e. The van der Waals surface area contributed by atoms with Gasteiger partial charge in [0, 0.05) is 31.6 Å². The van der Waals surface area contributed by atoms with Crippen molar-refractivity contribution >= 4 is 17.2 Å². The molecule has 0 aromatic carbocycles. The van der Waals surface area contributed by atoms with Crippen molar-refractivity contribution in [2.75, 3.05) is 26.2 Å². The zero-order chi connectivity index (χ0) is 11.1. The van der Waals surface area contributed by atoms with Crippen LogP contribution in [0.1, 0.15) is 15.5 Å². The van der Waals surface area contributed by atoms with Gasteiger partial charge in [-0.15, -0.1) is 11.3 Å². The van der Waals surface area contributed by atoms with Crippen molar-refractivity contribution in [3.63, 3.8) is 0 Å². The molecule has 1 aromatic rings. The van der Waals surface area contributed by atoms with Crippen molar-refractivity contribution in [2.45, 2.75) is 6.92 Å². The van der Waals surface area contributed by atoms with Gasteiger partial charge in [-0.2, -0.15) is 0 Å². The normalized spacial score (nSPS) is 28.4. The highest BCUT2D eigenvalue weighted by atomic mass is 32.1. The third-order valence-electron chi connectivity index (χ3n) is 3.51. The average Bonchev–Trinajstić information content (AvgIpc) is 2.89. The van der Waals surface area contributed by atoms with Gasteiger partial charge in [-0.25, -0.2) is 4.98 Å². The van der Waals surface area contributed by atoms with Crippen molar-refractivity contribution in [1.29, 1.82) is 0 Å². The van der Waals surface area contributed by atoms with Crippen molar-refractivity contribution in [3.8, 4) is 0 Å². The number of carbonyl (C=O) groups excluding carboxylic acids is 1. The summed E-state index contributed by atoms with van der Waals surface area (Å²) in [6, 6.07) is 0. The summed E-state index contributed by atoms with van der Waals surface area (Å²) in [5, 5.41) is 6.20. The van der Waals surface area contributed by atoms with Crippen LogP contribution in [0, 0.1) is 18.8 Å². The summed E-state index contributed by atoms with van der Waals surface area (Å²) in [5.74, 6) is 1.42. The van der Waals surface area contributed by atoms with Crippen molar-refractivity contribution in [3.05, 3.63) is 16.1 Å². The van der Waals surface area contributed by atoms with E-state index in [1.807, 2.05) is 17.2 Å². The number of amides is 1. The van der Waals surface area contributed by atoms with E-state index in [1.165, 1.54) is 0 Å². The Labute approximate surface area is 98.7 Å². The maximum Gasteiger partial charge on any atom is 0.273 e. The van der Waals surface area contributed by atoms with E-state index in [2.05, 4.69) is 10.3 Å². The van der Waals surface area contributed by atoms with E-state index in [-0.39, 0.29) is 5.91 Å². The van der Waals surface area contributed by atoms with Crippen LogP contribution in [0.2, 0.25) is 0 Å². The molecule has 1 N–H and O–H groups in total. The lowest BCUT2D eigenvalue weighted by atomic mass is 10.0. The van der Waals surface area contributed by atoms with Crippen LogP contribution >= 0.6 is 11.3 Å².